The first kappa shape index (κ1) is 20.2. The standard InChI is InChI=1S/C11H16F3N3O3S3/c1-7(2)10-16-8(6-22-10)5-21-4-3-9(15)17-23(18,19)20-11(12,13)14/h6-7H,3-5H2,1-2H3,(H2,15,17). The zero-order valence-corrected chi connectivity index (χ0v) is 14.8. The van der Waals surface area contributed by atoms with Gasteiger partial charge in [-0.25, -0.2) is 4.98 Å². The molecule has 0 spiro atoms. The summed E-state index contributed by atoms with van der Waals surface area (Å²) in [6, 6.07) is 0. The van der Waals surface area contributed by atoms with E-state index in [1.807, 2.05) is 19.2 Å². The number of thioether (sulfide) groups is 1. The third-order valence-electron chi connectivity index (χ3n) is 2.24. The third-order valence-corrected chi connectivity index (χ3v) is 5.29. The molecule has 0 atom stereocenters. The number of alkyl halides is 3. The molecule has 0 aliphatic rings. The SMILES string of the molecule is CC(C)c1nc(CSCCC(N)=NS(=O)(=O)OC(F)(F)F)cs1. The second-order valence-corrected chi connectivity index (χ2v) is 7.87. The molecule has 1 rings (SSSR count). The van der Waals surface area contributed by atoms with Crippen molar-refractivity contribution >= 4 is 39.2 Å². The zero-order valence-electron chi connectivity index (χ0n) is 12.3. The molecular formula is C11H16F3N3O3S3. The highest BCUT2D eigenvalue weighted by molar-refractivity contribution is 7.98. The number of thiazole rings is 1. The van der Waals surface area contributed by atoms with Gasteiger partial charge in [-0.15, -0.1) is 28.9 Å². The molecule has 0 aliphatic carbocycles. The number of rotatable bonds is 8. The van der Waals surface area contributed by atoms with Crippen LogP contribution in [0.4, 0.5) is 13.2 Å². The smallest absolute Gasteiger partial charge is 0.386 e. The maximum Gasteiger partial charge on any atom is 0.538 e. The number of halogens is 3. The summed E-state index contributed by atoms with van der Waals surface area (Å²) >= 11 is 2.98. The maximum absolute atomic E-state index is 11.8. The van der Waals surface area contributed by atoms with E-state index in [9.17, 15) is 21.6 Å². The van der Waals surface area contributed by atoms with Gasteiger partial charge in [-0.3, -0.25) is 0 Å². The van der Waals surface area contributed by atoms with Gasteiger partial charge in [-0.2, -0.15) is 24.4 Å². The monoisotopic (exact) mass is 391 g/mol. The van der Waals surface area contributed by atoms with Crippen molar-refractivity contribution in [1.29, 1.82) is 0 Å². The van der Waals surface area contributed by atoms with Gasteiger partial charge in [0.2, 0.25) is 0 Å². The van der Waals surface area contributed by atoms with Crippen molar-refractivity contribution in [1.82, 2.24) is 4.98 Å². The highest BCUT2D eigenvalue weighted by Crippen LogP contribution is 2.22. The fourth-order valence-corrected chi connectivity index (χ4v) is 3.78. The van der Waals surface area contributed by atoms with Gasteiger partial charge in [0.1, 0.15) is 5.84 Å². The summed E-state index contributed by atoms with van der Waals surface area (Å²) < 4.78 is 63.1. The van der Waals surface area contributed by atoms with E-state index in [0.717, 1.165) is 10.7 Å². The summed E-state index contributed by atoms with van der Waals surface area (Å²) in [5, 5.41) is 2.96. The molecule has 0 saturated heterocycles. The third kappa shape index (κ3) is 8.53. The molecule has 0 saturated carbocycles. The minimum Gasteiger partial charge on any atom is -0.386 e. The van der Waals surface area contributed by atoms with E-state index in [2.05, 4.69) is 13.6 Å². The lowest BCUT2D eigenvalue weighted by atomic mass is 10.2. The number of amidine groups is 1. The van der Waals surface area contributed by atoms with Crippen LogP contribution in [0.15, 0.2) is 9.78 Å². The Hall–Kier alpha value is -0.850. The van der Waals surface area contributed by atoms with Crippen molar-refractivity contribution in [2.45, 2.75) is 38.3 Å². The molecule has 1 aromatic rings. The number of nitrogens with two attached hydrogens (primary N) is 1. The van der Waals surface area contributed by atoms with Gasteiger partial charge in [0.25, 0.3) is 0 Å². The molecule has 23 heavy (non-hydrogen) atoms. The molecule has 0 aromatic carbocycles. The second-order valence-electron chi connectivity index (χ2n) is 4.67. The van der Waals surface area contributed by atoms with Crippen molar-refractivity contribution in [2.24, 2.45) is 10.1 Å². The lowest BCUT2D eigenvalue weighted by Gasteiger charge is -2.05. The summed E-state index contributed by atoms with van der Waals surface area (Å²) in [7, 11) is -5.12. The average molecular weight is 391 g/mol. The first-order valence-corrected chi connectivity index (χ1v) is 9.77. The Morgan fingerprint density at radius 3 is 2.70 bits per heavy atom. The van der Waals surface area contributed by atoms with Crippen LogP contribution in [0, 0.1) is 0 Å². The maximum atomic E-state index is 11.8. The fourth-order valence-electron chi connectivity index (χ4n) is 1.33. The Balaban J connectivity index is 2.41. The fraction of sp³-hybridized carbons (Fsp3) is 0.636. The molecule has 12 heteroatoms. The minimum atomic E-state index is -5.32. The summed E-state index contributed by atoms with van der Waals surface area (Å²) in [5.74, 6) is 0.900. The molecule has 0 bridgehead atoms. The normalized spacial score (nSPS) is 13.7. The number of aromatic nitrogens is 1. The van der Waals surface area contributed by atoms with Crippen LogP contribution in [0.2, 0.25) is 0 Å². The van der Waals surface area contributed by atoms with Gasteiger partial charge in [0.15, 0.2) is 0 Å². The van der Waals surface area contributed by atoms with Gasteiger partial charge < -0.3 is 5.73 Å². The Labute approximate surface area is 140 Å². The van der Waals surface area contributed by atoms with Gasteiger partial charge in [-0.05, 0) is 0 Å². The number of hydrogen-bond acceptors (Lipinski definition) is 6. The molecule has 0 amide bonds. The topological polar surface area (TPSA) is 94.6 Å². The summed E-state index contributed by atoms with van der Waals surface area (Å²) in [6.45, 7) is 4.08. The van der Waals surface area contributed by atoms with Crippen LogP contribution in [0.5, 0.6) is 0 Å². The van der Waals surface area contributed by atoms with Crippen LogP contribution < -0.4 is 5.73 Å². The summed E-state index contributed by atoms with van der Waals surface area (Å²) in [5.41, 5.74) is 6.19. The molecule has 1 aromatic heterocycles. The molecular weight excluding hydrogens is 375 g/mol. The lowest BCUT2D eigenvalue weighted by molar-refractivity contribution is -0.271. The molecule has 0 radical (unpaired) electrons. The van der Waals surface area contributed by atoms with Gasteiger partial charge in [0, 0.05) is 29.2 Å². The highest BCUT2D eigenvalue weighted by atomic mass is 32.2. The van der Waals surface area contributed by atoms with Gasteiger partial charge in [0.05, 0.1) is 10.7 Å². The van der Waals surface area contributed by atoms with E-state index in [-0.39, 0.29) is 6.42 Å². The van der Waals surface area contributed by atoms with Crippen molar-refractivity contribution in [3.05, 3.63) is 16.1 Å². The molecule has 0 unspecified atom stereocenters. The lowest BCUT2D eigenvalue weighted by Crippen LogP contribution is -2.22. The summed E-state index contributed by atoms with van der Waals surface area (Å²) in [6.07, 6.45) is -5.30. The summed E-state index contributed by atoms with van der Waals surface area (Å²) in [4.78, 5) is 4.42. The van der Waals surface area contributed by atoms with Crippen molar-refractivity contribution in [3.63, 3.8) is 0 Å². The first-order valence-electron chi connectivity index (χ1n) is 6.37. The van der Waals surface area contributed by atoms with E-state index in [1.165, 1.54) is 11.8 Å². The molecule has 0 fully saturated rings. The van der Waals surface area contributed by atoms with Crippen LogP contribution in [-0.2, 0) is 20.2 Å². The molecule has 6 nitrogen and oxygen atoms in total. The zero-order chi connectivity index (χ0) is 17.7. The Bertz CT molecular complexity index is 642. The number of hydrogen-bond donors (Lipinski definition) is 1. The van der Waals surface area contributed by atoms with Crippen LogP contribution in [-0.4, -0.2) is 31.4 Å². The quantitative estimate of drug-likeness (QED) is 0.416. The number of nitrogens with zero attached hydrogens (tertiary/aromatic N) is 2. The Morgan fingerprint density at radius 2 is 2.17 bits per heavy atom. The van der Waals surface area contributed by atoms with E-state index in [1.54, 1.807) is 11.3 Å². The van der Waals surface area contributed by atoms with E-state index in [0.29, 0.717) is 17.4 Å². The predicted molar refractivity (Wildman–Crippen MR) is 84.7 cm³/mol. The van der Waals surface area contributed by atoms with Crippen molar-refractivity contribution in [3.8, 4) is 0 Å². The average Bonchev–Trinajstić information content (AvgIpc) is 2.79. The van der Waals surface area contributed by atoms with Crippen LogP contribution >= 0.6 is 23.1 Å². The van der Waals surface area contributed by atoms with E-state index in [4.69, 9.17) is 5.73 Å². The molecule has 0 aliphatic heterocycles. The van der Waals surface area contributed by atoms with E-state index >= 15 is 0 Å². The molecule has 132 valence electrons. The molecule has 2 N–H and O–H groups in total. The minimum absolute atomic E-state index is 0.0201. The van der Waals surface area contributed by atoms with Gasteiger partial charge >= 0.3 is 16.7 Å². The van der Waals surface area contributed by atoms with Crippen LogP contribution in [0.3, 0.4) is 0 Å². The highest BCUT2D eigenvalue weighted by Gasteiger charge is 2.37. The van der Waals surface area contributed by atoms with Crippen LogP contribution in [0.25, 0.3) is 0 Å². The largest absolute Gasteiger partial charge is 0.538 e. The second kappa shape index (κ2) is 8.31. The Kier molecular flexibility index (Phi) is 7.29. The van der Waals surface area contributed by atoms with Crippen LogP contribution in [0.1, 0.15) is 36.9 Å². The Morgan fingerprint density at radius 1 is 1.52 bits per heavy atom. The predicted octanol–water partition coefficient (Wildman–Crippen LogP) is 3.03. The van der Waals surface area contributed by atoms with Gasteiger partial charge in [-0.1, -0.05) is 13.8 Å². The molecule has 1 heterocycles. The van der Waals surface area contributed by atoms with Crippen molar-refractivity contribution in [2.75, 3.05) is 5.75 Å². The van der Waals surface area contributed by atoms with E-state index < -0.39 is 22.5 Å². The first-order chi connectivity index (χ1) is 10.5. The van der Waals surface area contributed by atoms with Crippen molar-refractivity contribution < 1.29 is 25.8 Å².